The van der Waals surface area contributed by atoms with E-state index in [4.69, 9.17) is 9.05 Å². The van der Waals surface area contributed by atoms with Crippen LogP contribution in [0.4, 0.5) is 0 Å². The third-order valence-corrected chi connectivity index (χ3v) is 6.12. The summed E-state index contributed by atoms with van der Waals surface area (Å²) >= 11 is 0. The first-order valence-corrected chi connectivity index (χ1v) is 10.9. The molecule has 0 aromatic rings. The zero-order valence-corrected chi connectivity index (χ0v) is 16.3. The molecule has 138 valence electrons. The van der Waals surface area contributed by atoms with E-state index < -0.39 is 7.60 Å². The molecule has 0 aliphatic carbocycles. The fourth-order valence-electron chi connectivity index (χ4n) is 2.61. The SMILES string of the molecule is CCCCCCCCCCCC/C(=C/O)P(=O)(OCC)OCC. The van der Waals surface area contributed by atoms with Crippen LogP contribution in [-0.4, -0.2) is 18.3 Å². The molecule has 0 aromatic carbocycles. The first-order chi connectivity index (χ1) is 11.1. The van der Waals surface area contributed by atoms with Crippen LogP contribution < -0.4 is 0 Å². The van der Waals surface area contributed by atoms with Gasteiger partial charge in [0.05, 0.1) is 24.8 Å². The van der Waals surface area contributed by atoms with E-state index in [9.17, 15) is 9.67 Å². The minimum absolute atomic E-state index is 0.312. The van der Waals surface area contributed by atoms with Gasteiger partial charge in [-0.2, -0.15) is 0 Å². The molecule has 5 heteroatoms. The molecule has 0 aromatic heterocycles. The Labute approximate surface area is 143 Å². The zero-order valence-electron chi connectivity index (χ0n) is 15.4. The van der Waals surface area contributed by atoms with Gasteiger partial charge in [0, 0.05) is 0 Å². The molecule has 0 aliphatic rings. The Balaban J connectivity index is 3.85. The number of unbranched alkanes of at least 4 members (excludes halogenated alkanes) is 9. The average Bonchev–Trinajstić information content (AvgIpc) is 2.53. The largest absolute Gasteiger partial charge is 0.515 e. The second-order valence-electron chi connectivity index (χ2n) is 5.89. The molecule has 23 heavy (non-hydrogen) atoms. The third-order valence-electron chi connectivity index (χ3n) is 3.89. The highest BCUT2D eigenvalue weighted by Crippen LogP contribution is 2.57. The average molecular weight is 348 g/mol. The maximum absolute atomic E-state index is 12.6. The first-order valence-electron chi connectivity index (χ1n) is 9.37. The van der Waals surface area contributed by atoms with Crippen LogP contribution in [0.3, 0.4) is 0 Å². The zero-order chi connectivity index (χ0) is 17.4. The first kappa shape index (κ1) is 22.7. The van der Waals surface area contributed by atoms with Crippen LogP contribution in [0, 0.1) is 0 Å². The van der Waals surface area contributed by atoms with Gasteiger partial charge < -0.3 is 14.2 Å². The normalized spacial score (nSPS) is 12.7. The number of hydrogen-bond acceptors (Lipinski definition) is 4. The van der Waals surface area contributed by atoms with Crippen LogP contribution in [-0.2, 0) is 13.6 Å². The van der Waals surface area contributed by atoms with Gasteiger partial charge in [-0.3, -0.25) is 4.57 Å². The van der Waals surface area contributed by atoms with Crippen molar-refractivity contribution in [3.05, 3.63) is 11.6 Å². The van der Waals surface area contributed by atoms with Crippen LogP contribution in [0.15, 0.2) is 11.6 Å². The maximum Gasteiger partial charge on any atom is 0.360 e. The highest BCUT2D eigenvalue weighted by molar-refractivity contribution is 7.58. The lowest BCUT2D eigenvalue weighted by Crippen LogP contribution is -1.99. The molecule has 1 N–H and O–H groups in total. The summed E-state index contributed by atoms with van der Waals surface area (Å²) in [5.74, 6) is 0. The Bertz CT molecular complexity index is 332. The fraction of sp³-hybridized carbons (Fsp3) is 0.889. The predicted octanol–water partition coefficient (Wildman–Crippen LogP) is 6.96. The second-order valence-corrected chi connectivity index (χ2v) is 7.97. The van der Waals surface area contributed by atoms with Crippen molar-refractivity contribution < 1.29 is 18.7 Å². The van der Waals surface area contributed by atoms with Crippen molar-refractivity contribution in [2.75, 3.05) is 13.2 Å². The molecule has 0 fully saturated rings. The highest BCUT2D eigenvalue weighted by atomic mass is 31.2. The van der Waals surface area contributed by atoms with Crippen LogP contribution in [0.25, 0.3) is 0 Å². The van der Waals surface area contributed by atoms with E-state index in [-0.39, 0.29) is 0 Å². The monoisotopic (exact) mass is 348 g/mol. The van der Waals surface area contributed by atoms with Gasteiger partial charge in [-0.25, -0.2) is 0 Å². The molecular weight excluding hydrogens is 311 g/mol. The lowest BCUT2D eigenvalue weighted by atomic mass is 10.1. The van der Waals surface area contributed by atoms with Crippen LogP contribution in [0.1, 0.15) is 91.4 Å². The molecule has 0 spiro atoms. The lowest BCUT2D eigenvalue weighted by molar-refractivity contribution is 0.224. The van der Waals surface area contributed by atoms with Gasteiger partial charge >= 0.3 is 7.60 Å². The van der Waals surface area contributed by atoms with E-state index in [1.807, 2.05) is 0 Å². The minimum Gasteiger partial charge on any atom is -0.515 e. The van der Waals surface area contributed by atoms with E-state index in [1.165, 1.54) is 51.4 Å². The smallest absolute Gasteiger partial charge is 0.360 e. The number of hydrogen-bond donors (Lipinski definition) is 1. The van der Waals surface area contributed by atoms with E-state index in [0.717, 1.165) is 19.1 Å². The molecule has 4 nitrogen and oxygen atoms in total. The van der Waals surface area contributed by atoms with Crippen molar-refractivity contribution in [3.8, 4) is 0 Å². The van der Waals surface area contributed by atoms with Gasteiger partial charge in [-0.05, 0) is 26.7 Å². The standard InChI is InChI=1S/C18H37O4P/c1-4-7-8-9-10-11-12-13-14-15-16-18(17-19)23(20,21-5-2)22-6-3/h17,19H,4-16H2,1-3H3/b18-17-. The molecule has 0 heterocycles. The Kier molecular flexibility index (Phi) is 15.0. The molecule has 0 atom stereocenters. The summed E-state index contributed by atoms with van der Waals surface area (Å²) in [5, 5.41) is 9.77. The summed E-state index contributed by atoms with van der Waals surface area (Å²) in [6.45, 7) is 6.42. The molecule has 0 unspecified atom stereocenters. The van der Waals surface area contributed by atoms with Gasteiger partial charge in [0.15, 0.2) is 0 Å². The molecule has 0 bridgehead atoms. The van der Waals surface area contributed by atoms with Gasteiger partial charge in [-0.1, -0.05) is 64.7 Å². The fourth-order valence-corrected chi connectivity index (χ4v) is 4.27. The number of aliphatic hydroxyl groups is 1. The summed E-state index contributed by atoms with van der Waals surface area (Å²) in [6.07, 6.45) is 14.0. The van der Waals surface area contributed by atoms with E-state index >= 15 is 0 Å². The van der Waals surface area contributed by atoms with Gasteiger partial charge in [0.1, 0.15) is 0 Å². The summed E-state index contributed by atoms with van der Waals surface area (Å²) in [7, 11) is -3.30. The Hall–Kier alpha value is -0.310. The summed E-state index contributed by atoms with van der Waals surface area (Å²) < 4.78 is 23.1. The second kappa shape index (κ2) is 15.2. The van der Waals surface area contributed by atoms with Crippen molar-refractivity contribution in [3.63, 3.8) is 0 Å². The Morgan fingerprint density at radius 1 is 0.826 bits per heavy atom. The van der Waals surface area contributed by atoms with Crippen LogP contribution >= 0.6 is 7.60 Å². The third kappa shape index (κ3) is 11.0. The van der Waals surface area contributed by atoms with Crippen molar-refractivity contribution in [2.24, 2.45) is 0 Å². The number of rotatable bonds is 16. The lowest BCUT2D eigenvalue weighted by Gasteiger charge is -2.19. The summed E-state index contributed by atoms with van der Waals surface area (Å²) in [6, 6.07) is 0. The quantitative estimate of drug-likeness (QED) is 0.186. The Morgan fingerprint density at radius 3 is 1.65 bits per heavy atom. The molecule has 0 amide bonds. The van der Waals surface area contributed by atoms with Crippen LogP contribution in [0.5, 0.6) is 0 Å². The topological polar surface area (TPSA) is 55.8 Å². The maximum atomic E-state index is 12.6. The molecule has 0 saturated heterocycles. The van der Waals surface area contributed by atoms with Crippen molar-refractivity contribution in [2.45, 2.75) is 91.4 Å². The van der Waals surface area contributed by atoms with E-state index in [1.54, 1.807) is 13.8 Å². The van der Waals surface area contributed by atoms with Gasteiger partial charge in [-0.15, -0.1) is 0 Å². The van der Waals surface area contributed by atoms with Crippen LogP contribution in [0.2, 0.25) is 0 Å². The Morgan fingerprint density at radius 2 is 1.26 bits per heavy atom. The van der Waals surface area contributed by atoms with E-state index in [2.05, 4.69) is 6.92 Å². The van der Waals surface area contributed by atoms with Crippen molar-refractivity contribution in [1.29, 1.82) is 0 Å². The number of aliphatic hydroxyl groups excluding tert-OH is 1. The minimum atomic E-state index is -3.30. The van der Waals surface area contributed by atoms with Gasteiger partial charge in [0.2, 0.25) is 0 Å². The van der Waals surface area contributed by atoms with Crippen molar-refractivity contribution in [1.82, 2.24) is 0 Å². The molecule has 0 rings (SSSR count). The molecule has 0 saturated carbocycles. The molecule has 0 radical (unpaired) electrons. The summed E-state index contributed by atoms with van der Waals surface area (Å²) in [4.78, 5) is 0. The predicted molar refractivity (Wildman–Crippen MR) is 98.0 cm³/mol. The summed E-state index contributed by atoms with van der Waals surface area (Å²) in [5.41, 5.74) is 0. The van der Waals surface area contributed by atoms with Crippen molar-refractivity contribution >= 4 is 7.60 Å². The molecular formula is C18H37O4P. The number of allylic oxidation sites excluding steroid dienone is 1. The van der Waals surface area contributed by atoms with Gasteiger partial charge in [0.25, 0.3) is 0 Å². The molecule has 0 aliphatic heterocycles. The van der Waals surface area contributed by atoms with E-state index in [0.29, 0.717) is 24.9 Å². The highest BCUT2D eigenvalue weighted by Gasteiger charge is 2.29.